The lowest BCUT2D eigenvalue weighted by Crippen LogP contribution is -2.25. The first-order chi connectivity index (χ1) is 8.03. The summed E-state index contributed by atoms with van der Waals surface area (Å²) in [5.74, 6) is 1.14. The fourth-order valence-corrected chi connectivity index (χ4v) is 3.61. The predicted octanol–water partition coefficient (Wildman–Crippen LogP) is 1.58. The number of rotatable bonds is 6. The summed E-state index contributed by atoms with van der Waals surface area (Å²) in [6, 6.07) is 1.45. The van der Waals surface area contributed by atoms with Gasteiger partial charge in [-0.05, 0) is 28.3 Å². The topological polar surface area (TPSA) is 85.3 Å². The van der Waals surface area contributed by atoms with Crippen molar-refractivity contribution in [2.24, 2.45) is 11.7 Å². The Hall–Kier alpha value is -0.370. The molecule has 7 heteroatoms. The summed E-state index contributed by atoms with van der Waals surface area (Å²) in [6.07, 6.45) is 3.33. The number of halogens is 1. The third-order valence-electron chi connectivity index (χ3n) is 2.74. The smallest absolute Gasteiger partial charge is 0.244 e. The van der Waals surface area contributed by atoms with E-state index in [-0.39, 0.29) is 16.1 Å². The molecule has 0 saturated heterocycles. The summed E-state index contributed by atoms with van der Waals surface area (Å²) in [4.78, 5) is 0.119. The fourth-order valence-electron chi connectivity index (χ4n) is 1.56. The molecule has 1 heterocycles. The number of hydrogen-bond acceptors (Lipinski definition) is 4. The van der Waals surface area contributed by atoms with E-state index in [9.17, 15) is 8.42 Å². The molecule has 2 rings (SSSR count). The van der Waals surface area contributed by atoms with E-state index in [1.54, 1.807) is 0 Å². The average Bonchev–Trinajstić information content (AvgIpc) is 2.99. The van der Waals surface area contributed by atoms with Crippen LogP contribution in [0.4, 0.5) is 0 Å². The molecule has 1 saturated carbocycles. The van der Waals surface area contributed by atoms with Crippen LogP contribution in [-0.2, 0) is 16.6 Å². The van der Waals surface area contributed by atoms with Gasteiger partial charge in [0.05, 0.1) is 6.54 Å². The van der Waals surface area contributed by atoms with Crippen LogP contribution in [0, 0.1) is 5.92 Å². The molecule has 0 aliphatic heterocycles. The molecule has 1 aliphatic rings. The highest BCUT2D eigenvalue weighted by atomic mass is 79.9. The van der Waals surface area contributed by atoms with Crippen LogP contribution < -0.4 is 10.5 Å². The van der Waals surface area contributed by atoms with Gasteiger partial charge in [0.25, 0.3) is 0 Å². The van der Waals surface area contributed by atoms with Crippen molar-refractivity contribution in [2.75, 3.05) is 6.54 Å². The van der Waals surface area contributed by atoms with Crippen molar-refractivity contribution >= 4 is 26.0 Å². The number of furan rings is 1. The predicted molar refractivity (Wildman–Crippen MR) is 66.8 cm³/mol. The number of sulfonamides is 1. The summed E-state index contributed by atoms with van der Waals surface area (Å²) in [7, 11) is -3.49. The van der Waals surface area contributed by atoms with Crippen LogP contribution in [0.5, 0.6) is 0 Å². The highest BCUT2D eigenvalue weighted by Crippen LogP contribution is 2.32. The maximum atomic E-state index is 11.9. The monoisotopic (exact) mass is 322 g/mol. The second-order valence-electron chi connectivity index (χ2n) is 4.18. The molecule has 5 nitrogen and oxygen atoms in total. The van der Waals surface area contributed by atoms with Gasteiger partial charge in [0.2, 0.25) is 10.0 Å². The third kappa shape index (κ3) is 3.31. The minimum absolute atomic E-state index is 0.119. The van der Waals surface area contributed by atoms with Crippen LogP contribution in [0.25, 0.3) is 0 Å². The molecule has 0 unspecified atom stereocenters. The average molecular weight is 323 g/mol. The Morgan fingerprint density at radius 1 is 1.53 bits per heavy atom. The Balaban J connectivity index is 2.03. The molecule has 96 valence electrons. The Bertz CT molecular complexity index is 494. The van der Waals surface area contributed by atoms with Gasteiger partial charge in [-0.1, -0.05) is 12.8 Å². The first-order valence-corrected chi connectivity index (χ1v) is 7.78. The van der Waals surface area contributed by atoms with E-state index in [0.29, 0.717) is 18.2 Å². The van der Waals surface area contributed by atoms with Crippen molar-refractivity contribution in [3.8, 4) is 0 Å². The van der Waals surface area contributed by atoms with E-state index in [2.05, 4.69) is 20.7 Å². The summed E-state index contributed by atoms with van der Waals surface area (Å²) >= 11 is 3.09. The second-order valence-corrected chi connectivity index (χ2v) is 6.64. The molecule has 0 amide bonds. The van der Waals surface area contributed by atoms with Crippen LogP contribution >= 0.6 is 15.9 Å². The van der Waals surface area contributed by atoms with Crippen molar-refractivity contribution in [3.05, 3.63) is 16.5 Å². The van der Waals surface area contributed by atoms with Crippen LogP contribution in [0.3, 0.4) is 0 Å². The van der Waals surface area contributed by atoms with Crippen LogP contribution in [0.2, 0.25) is 0 Å². The first-order valence-electron chi connectivity index (χ1n) is 5.51. The van der Waals surface area contributed by atoms with Crippen molar-refractivity contribution in [1.29, 1.82) is 0 Å². The summed E-state index contributed by atoms with van der Waals surface area (Å²) in [6.45, 7) is 0.652. The molecule has 0 radical (unpaired) electrons. The van der Waals surface area contributed by atoms with Crippen molar-refractivity contribution in [1.82, 2.24) is 4.72 Å². The molecule has 1 aliphatic carbocycles. The van der Waals surface area contributed by atoms with Gasteiger partial charge in [0.1, 0.15) is 10.7 Å². The quantitative estimate of drug-likeness (QED) is 0.832. The minimum Gasteiger partial charge on any atom is -0.452 e. The Labute approximate surface area is 109 Å². The lowest BCUT2D eigenvalue weighted by molar-refractivity contribution is 0.483. The molecule has 0 spiro atoms. The number of nitrogens with two attached hydrogens (primary N) is 1. The van der Waals surface area contributed by atoms with E-state index in [1.807, 2.05) is 0 Å². The molecule has 0 atom stereocenters. The molecule has 1 fully saturated rings. The first kappa shape index (κ1) is 13.1. The maximum absolute atomic E-state index is 11.9. The van der Waals surface area contributed by atoms with Gasteiger partial charge >= 0.3 is 0 Å². The lowest BCUT2D eigenvalue weighted by Gasteiger charge is -2.03. The maximum Gasteiger partial charge on any atom is 0.244 e. The molecular weight excluding hydrogens is 308 g/mol. The van der Waals surface area contributed by atoms with Gasteiger partial charge in [-0.3, -0.25) is 0 Å². The van der Waals surface area contributed by atoms with Gasteiger partial charge in [-0.15, -0.1) is 0 Å². The van der Waals surface area contributed by atoms with E-state index in [0.717, 1.165) is 6.42 Å². The zero-order valence-electron chi connectivity index (χ0n) is 9.28. The van der Waals surface area contributed by atoms with E-state index >= 15 is 0 Å². The Morgan fingerprint density at radius 3 is 2.76 bits per heavy atom. The standard InChI is InChI=1S/C10H15BrN2O3S/c11-10-9(5-8(6-12)16-10)17(14,15)13-4-3-7-1-2-7/h5,7,13H,1-4,6,12H2. The number of nitrogens with one attached hydrogen (secondary N) is 1. The van der Waals surface area contributed by atoms with Crippen molar-refractivity contribution < 1.29 is 12.8 Å². The van der Waals surface area contributed by atoms with Gasteiger partial charge in [0, 0.05) is 12.6 Å². The van der Waals surface area contributed by atoms with Gasteiger partial charge in [0.15, 0.2) is 4.67 Å². The van der Waals surface area contributed by atoms with Crippen LogP contribution in [-0.4, -0.2) is 15.0 Å². The number of hydrogen-bond donors (Lipinski definition) is 2. The van der Waals surface area contributed by atoms with E-state index in [4.69, 9.17) is 10.2 Å². The largest absolute Gasteiger partial charge is 0.452 e. The summed E-state index contributed by atoms with van der Waals surface area (Å²) in [5, 5.41) is 0. The summed E-state index contributed by atoms with van der Waals surface area (Å²) in [5.41, 5.74) is 5.39. The molecular formula is C10H15BrN2O3S. The molecule has 17 heavy (non-hydrogen) atoms. The van der Waals surface area contributed by atoms with Gasteiger partial charge < -0.3 is 10.2 Å². The third-order valence-corrected chi connectivity index (χ3v) is 5.06. The highest BCUT2D eigenvalue weighted by molar-refractivity contribution is 9.10. The second kappa shape index (κ2) is 5.09. The summed E-state index contributed by atoms with van der Waals surface area (Å²) < 4.78 is 31.8. The zero-order chi connectivity index (χ0) is 12.5. The lowest BCUT2D eigenvalue weighted by atomic mass is 10.3. The molecule has 1 aromatic rings. The highest BCUT2D eigenvalue weighted by Gasteiger charge is 2.24. The van der Waals surface area contributed by atoms with Crippen LogP contribution in [0.1, 0.15) is 25.0 Å². The van der Waals surface area contributed by atoms with Gasteiger partial charge in [-0.25, -0.2) is 13.1 Å². The van der Waals surface area contributed by atoms with E-state index < -0.39 is 10.0 Å². The molecule has 0 aromatic carbocycles. The Kier molecular flexibility index (Phi) is 3.92. The zero-order valence-corrected chi connectivity index (χ0v) is 11.7. The fraction of sp³-hybridized carbons (Fsp3) is 0.600. The van der Waals surface area contributed by atoms with Gasteiger partial charge in [-0.2, -0.15) is 0 Å². The normalized spacial score (nSPS) is 16.4. The Morgan fingerprint density at radius 2 is 2.24 bits per heavy atom. The van der Waals surface area contributed by atoms with Crippen LogP contribution in [0.15, 0.2) is 20.0 Å². The SMILES string of the molecule is NCc1cc(S(=O)(=O)NCCC2CC2)c(Br)o1. The van der Waals surface area contributed by atoms with E-state index in [1.165, 1.54) is 18.9 Å². The van der Waals surface area contributed by atoms with Crippen molar-refractivity contribution in [3.63, 3.8) is 0 Å². The van der Waals surface area contributed by atoms with Crippen molar-refractivity contribution in [2.45, 2.75) is 30.7 Å². The molecule has 3 N–H and O–H groups in total. The molecule has 1 aromatic heterocycles. The molecule has 0 bridgehead atoms. The minimum atomic E-state index is -3.49.